The van der Waals surface area contributed by atoms with Crippen molar-refractivity contribution in [2.45, 2.75) is 11.4 Å². The van der Waals surface area contributed by atoms with Crippen LogP contribution in [0.1, 0.15) is 5.56 Å². The molecule has 0 radical (unpaired) electrons. The van der Waals surface area contributed by atoms with Crippen molar-refractivity contribution in [3.8, 4) is 0 Å². The van der Waals surface area contributed by atoms with E-state index in [1.165, 1.54) is 24.3 Å². The first-order valence-electron chi connectivity index (χ1n) is 9.02. The number of benzene rings is 3. The summed E-state index contributed by atoms with van der Waals surface area (Å²) < 4.78 is 68.4. The van der Waals surface area contributed by atoms with Crippen LogP contribution in [0.2, 0.25) is 5.02 Å². The summed E-state index contributed by atoms with van der Waals surface area (Å²) in [5, 5.41) is 2.36. The van der Waals surface area contributed by atoms with E-state index in [1.807, 2.05) is 0 Å². The number of anilines is 1. The van der Waals surface area contributed by atoms with Crippen molar-refractivity contribution in [1.82, 2.24) is 4.31 Å². The summed E-state index contributed by atoms with van der Waals surface area (Å²) in [5.74, 6) is -5.72. The molecule has 0 aliphatic heterocycles. The Morgan fingerprint density at radius 3 is 2.28 bits per heavy atom. The lowest BCUT2D eigenvalue weighted by Gasteiger charge is -2.22. The molecule has 0 saturated heterocycles. The molecule has 32 heavy (non-hydrogen) atoms. The summed E-state index contributed by atoms with van der Waals surface area (Å²) in [4.78, 5) is 12.5. The highest BCUT2D eigenvalue weighted by Gasteiger charge is 2.28. The molecular formula is C21H15BrClF3N2O3S. The number of hydrogen-bond acceptors (Lipinski definition) is 3. The molecule has 3 aromatic carbocycles. The van der Waals surface area contributed by atoms with Gasteiger partial charge in [-0.2, -0.15) is 4.31 Å². The molecule has 0 bridgehead atoms. The Balaban J connectivity index is 1.92. The number of amides is 1. The number of halogens is 5. The van der Waals surface area contributed by atoms with E-state index in [-0.39, 0.29) is 16.5 Å². The fourth-order valence-electron chi connectivity index (χ4n) is 2.77. The van der Waals surface area contributed by atoms with Gasteiger partial charge in [-0.25, -0.2) is 21.6 Å². The van der Waals surface area contributed by atoms with Crippen LogP contribution in [0.3, 0.4) is 0 Å². The molecule has 0 aliphatic rings. The first-order valence-corrected chi connectivity index (χ1v) is 11.6. The van der Waals surface area contributed by atoms with E-state index < -0.39 is 45.6 Å². The molecular weight excluding hydrogens is 533 g/mol. The van der Waals surface area contributed by atoms with Crippen LogP contribution in [0.15, 0.2) is 70.0 Å². The number of carbonyl (C=O) groups excluding carboxylic acids is 1. The van der Waals surface area contributed by atoms with E-state index in [9.17, 15) is 26.4 Å². The summed E-state index contributed by atoms with van der Waals surface area (Å²) in [5.41, 5.74) is -0.186. The van der Waals surface area contributed by atoms with Gasteiger partial charge in [-0.3, -0.25) is 4.79 Å². The first-order chi connectivity index (χ1) is 15.1. The highest BCUT2D eigenvalue weighted by molar-refractivity contribution is 9.10. The van der Waals surface area contributed by atoms with Gasteiger partial charge in [0.2, 0.25) is 15.9 Å². The third-order valence-corrected chi connectivity index (χ3v) is 7.09. The molecule has 168 valence electrons. The first kappa shape index (κ1) is 24.2. The molecule has 0 unspecified atom stereocenters. The van der Waals surface area contributed by atoms with Crippen LogP contribution in [-0.4, -0.2) is 25.2 Å². The van der Waals surface area contributed by atoms with Crippen molar-refractivity contribution >= 4 is 49.1 Å². The monoisotopic (exact) mass is 546 g/mol. The van der Waals surface area contributed by atoms with Crippen molar-refractivity contribution in [2.24, 2.45) is 0 Å². The average Bonchev–Trinajstić information content (AvgIpc) is 2.75. The lowest BCUT2D eigenvalue weighted by Crippen LogP contribution is -2.37. The van der Waals surface area contributed by atoms with Gasteiger partial charge in [0.05, 0.1) is 17.1 Å². The Kier molecular flexibility index (Phi) is 7.60. The summed E-state index contributed by atoms with van der Waals surface area (Å²) in [6, 6.07) is 13.7. The lowest BCUT2D eigenvalue weighted by molar-refractivity contribution is -0.116. The van der Waals surface area contributed by atoms with E-state index in [2.05, 4.69) is 21.2 Å². The second-order valence-electron chi connectivity index (χ2n) is 6.59. The molecule has 0 fully saturated rings. The van der Waals surface area contributed by atoms with Gasteiger partial charge in [0.15, 0.2) is 17.5 Å². The van der Waals surface area contributed by atoms with E-state index in [1.54, 1.807) is 24.3 Å². The van der Waals surface area contributed by atoms with Crippen LogP contribution in [0.25, 0.3) is 0 Å². The topological polar surface area (TPSA) is 66.5 Å². The number of carbonyl (C=O) groups is 1. The maximum absolute atomic E-state index is 13.9. The number of nitrogens with one attached hydrogen (secondary N) is 1. The second-order valence-corrected chi connectivity index (χ2v) is 9.85. The molecule has 3 rings (SSSR count). The fraction of sp³-hybridized carbons (Fsp3) is 0.0952. The zero-order chi connectivity index (χ0) is 23.5. The predicted molar refractivity (Wildman–Crippen MR) is 118 cm³/mol. The highest BCUT2D eigenvalue weighted by atomic mass is 79.9. The van der Waals surface area contributed by atoms with Crippen LogP contribution in [0.4, 0.5) is 18.9 Å². The Bertz CT molecular complexity index is 1260. The lowest BCUT2D eigenvalue weighted by atomic mass is 10.2. The van der Waals surface area contributed by atoms with Crippen molar-refractivity contribution < 1.29 is 26.4 Å². The molecule has 11 heteroatoms. The van der Waals surface area contributed by atoms with E-state index in [0.717, 1.165) is 10.4 Å². The van der Waals surface area contributed by atoms with Gasteiger partial charge in [0.25, 0.3) is 0 Å². The van der Waals surface area contributed by atoms with Gasteiger partial charge in [-0.05, 0) is 48.0 Å². The Morgan fingerprint density at radius 2 is 1.62 bits per heavy atom. The molecule has 0 saturated carbocycles. The van der Waals surface area contributed by atoms with Crippen LogP contribution >= 0.6 is 27.5 Å². The third kappa shape index (κ3) is 5.50. The normalized spacial score (nSPS) is 11.6. The summed E-state index contributed by atoms with van der Waals surface area (Å²) in [7, 11) is -4.18. The molecule has 1 amide bonds. The molecule has 0 heterocycles. The fourth-order valence-corrected chi connectivity index (χ4v) is 4.60. The van der Waals surface area contributed by atoms with Gasteiger partial charge >= 0.3 is 0 Å². The summed E-state index contributed by atoms with van der Waals surface area (Å²) >= 11 is 9.37. The van der Waals surface area contributed by atoms with Crippen LogP contribution in [-0.2, 0) is 21.4 Å². The van der Waals surface area contributed by atoms with Crippen molar-refractivity contribution in [3.05, 3.63) is 93.2 Å². The zero-order valence-corrected chi connectivity index (χ0v) is 19.3. The maximum Gasteiger partial charge on any atom is 0.243 e. The smallest absolute Gasteiger partial charge is 0.243 e. The summed E-state index contributed by atoms with van der Waals surface area (Å²) in [6.07, 6.45) is 0. The van der Waals surface area contributed by atoms with Crippen LogP contribution < -0.4 is 5.32 Å². The minimum absolute atomic E-state index is 0.0837. The quantitative estimate of drug-likeness (QED) is 0.406. The number of hydrogen-bond donors (Lipinski definition) is 1. The molecule has 1 N–H and O–H groups in total. The van der Waals surface area contributed by atoms with Crippen LogP contribution in [0, 0.1) is 17.5 Å². The third-order valence-electron chi connectivity index (χ3n) is 4.39. The van der Waals surface area contributed by atoms with Gasteiger partial charge in [-0.1, -0.05) is 45.7 Å². The van der Waals surface area contributed by atoms with Crippen molar-refractivity contribution in [3.63, 3.8) is 0 Å². The molecule has 5 nitrogen and oxygen atoms in total. The molecule has 3 aromatic rings. The molecule has 0 aliphatic carbocycles. The van der Waals surface area contributed by atoms with Crippen LogP contribution in [0.5, 0.6) is 0 Å². The van der Waals surface area contributed by atoms with E-state index in [4.69, 9.17) is 11.6 Å². The standard InChI is InChI=1S/C21H15BrClF3N2O3S/c22-14-5-7-15(8-6-14)32(30,31)28(11-13-3-1-2-4-16(13)23)12-19(29)27-18-10-9-17(24)20(25)21(18)26/h1-10H,11-12H2,(H,27,29). The van der Waals surface area contributed by atoms with E-state index in [0.29, 0.717) is 16.1 Å². The Labute approximate surface area is 196 Å². The minimum atomic E-state index is -4.18. The maximum atomic E-state index is 13.9. The van der Waals surface area contributed by atoms with Gasteiger partial charge in [0.1, 0.15) is 0 Å². The SMILES string of the molecule is O=C(CN(Cc1ccccc1Cl)S(=O)(=O)c1ccc(Br)cc1)Nc1ccc(F)c(F)c1F. The zero-order valence-electron chi connectivity index (χ0n) is 16.2. The van der Waals surface area contributed by atoms with Gasteiger partial charge in [-0.15, -0.1) is 0 Å². The highest BCUT2D eigenvalue weighted by Crippen LogP contribution is 2.24. The minimum Gasteiger partial charge on any atom is -0.322 e. The van der Waals surface area contributed by atoms with E-state index >= 15 is 0 Å². The molecule has 0 spiro atoms. The Hall–Kier alpha value is -2.40. The molecule has 0 aromatic heterocycles. The summed E-state index contributed by atoms with van der Waals surface area (Å²) in [6.45, 7) is -0.992. The largest absolute Gasteiger partial charge is 0.322 e. The van der Waals surface area contributed by atoms with Crippen molar-refractivity contribution in [2.75, 3.05) is 11.9 Å². The number of sulfonamides is 1. The number of nitrogens with zero attached hydrogens (tertiary/aromatic N) is 1. The van der Waals surface area contributed by atoms with Gasteiger partial charge in [0, 0.05) is 16.0 Å². The molecule has 0 atom stereocenters. The average molecular weight is 548 g/mol. The Morgan fingerprint density at radius 1 is 0.969 bits per heavy atom. The van der Waals surface area contributed by atoms with Crippen molar-refractivity contribution in [1.29, 1.82) is 0 Å². The predicted octanol–water partition coefficient (Wildman–Crippen LogP) is 5.35. The van der Waals surface area contributed by atoms with Gasteiger partial charge < -0.3 is 5.32 Å². The second kappa shape index (κ2) is 10.0. The number of rotatable bonds is 7.